The minimum Gasteiger partial charge on any atom is -0.342 e. The Hall–Kier alpha value is -2.94. The summed E-state index contributed by atoms with van der Waals surface area (Å²) in [7, 11) is -4.02. The van der Waals surface area contributed by atoms with Crippen molar-refractivity contribution in [2.24, 2.45) is 0 Å². The fourth-order valence-corrected chi connectivity index (χ4v) is 4.01. The smallest absolute Gasteiger partial charge is 0.269 e. The lowest BCUT2D eigenvalue weighted by Gasteiger charge is -2.27. The van der Waals surface area contributed by atoms with Gasteiger partial charge in [0.1, 0.15) is 6.54 Å². The average molecular weight is 391 g/mol. The first-order chi connectivity index (χ1) is 12.8. The van der Waals surface area contributed by atoms with E-state index in [4.69, 9.17) is 0 Å². The van der Waals surface area contributed by atoms with E-state index < -0.39 is 21.5 Å². The van der Waals surface area contributed by atoms with Crippen molar-refractivity contribution < 1.29 is 18.1 Å². The number of sulfonamides is 1. The first kappa shape index (κ1) is 20.4. The summed E-state index contributed by atoms with van der Waals surface area (Å²) in [5.74, 6) is -0.349. The number of amides is 1. The van der Waals surface area contributed by atoms with Gasteiger partial charge >= 0.3 is 0 Å². The molecule has 2 aromatic rings. The van der Waals surface area contributed by atoms with E-state index in [2.05, 4.69) is 0 Å². The van der Waals surface area contributed by atoms with Gasteiger partial charge in [-0.05, 0) is 38.1 Å². The molecule has 0 atom stereocenters. The molecular weight excluding hydrogens is 370 g/mol. The van der Waals surface area contributed by atoms with Crippen LogP contribution in [-0.4, -0.2) is 43.8 Å². The molecule has 0 bridgehead atoms. The summed E-state index contributed by atoms with van der Waals surface area (Å²) in [6, 6.07) is 12.8. The van der Waals surface area contributed by atoms with E-state index in [1.807, 2.05) is 13.8 Å². The average Bonchev–Trinajstić information content (AvgIpc) is 2.67. The van der Waals surface area contributed by atoms with Gasteiger partial charge in [0.15, 0.2) is 0 Å². The van der Waals surface area contributed by atoms with Crippen LogP contribution in [0.5, 0.6) is 0 Å². The molecule has 0 spiro atoms. The highest BCUT2D eigenvalue weighted by atomic mass is 32.2. The highest BCUT2D eigenvalue weighted by Gasteiger charge is 2.28. The number of nitrogens with zero attached hydrogens (tertiary/aromatic N) is 3. The molecule has 0 radical (unpaired) electrons. The summed E-state index contributed by atoms with van der Waals surface area (Å²) >= 11 is 0. The van der Waals surface area contributed by atoms with Gasteiger partial charge in [-0.15, -0.1) is 0 Å². The first-order valence-electron chi connectivity index (χ1n) is 8.41. The number of nitro groups is 1. The van der Waals surface area contributed by atoms with Crippen LogP contribution in [0.25, 0.3) is 0 Å². The Kier molecular flexibility index (Phi) is 6.51. The lowest BCUT2D eigenvalue weighted by molar-refractivity contribution is -0.384. The first-order valence-corrected chi connectivity index (χ1v) is 9.85. The molecule has 2 rings (SSSR count). The van der Waals surface area contributed by atoms with E-state index in [1.54, 1.807) is 18.2 Å². The number of likely N-dealkylation sites (N-methyl/N-ethyl adjacent to an activating group) is 1. The number of anilines is 1. The third-order valence-corrected chi connectivity index (χ3v) is 5.86. The van der Waals surface area contributed by atoms with Crippen molar-refractivity contribution in [2.75, 3.05) is 23.9 Å². The zero-order chi connectivity index (χ0) is 20.0. The Bertz CT molecular complexity index is 894. The molecule has 0 saturated carbocycles. The molecule has 0 heterocycles. The number of nitro benzene ring substituents is 1. The molecule has 1 amide bonds. The van der Waals surface area contributed by atoms with Crippen LogP contribution in [0.15, 0.2) is 59.5 Å². The highest BCUT2D eigenvalue weighted by Crippen LogP contribution is 2.25. The Balaban J connectivity index is 2.48. The minimum atomic E-state index is -4.02. The van der Waals surface area contributed by atoms with E-state index in [0.717, 1.165) is 4.31 Å². The topological polar surface area (TPSA) is 101 Å². The monoisotopic (exact) mass is 391 g/mol. The number of carbonyl (C=O) groups is 1. The summed E-state index contributed by atoms with van der Waals surface area (Å²) in [4.78, 5) is 24.4. The molecular formula is C18H21N3O5S. The van der Waals surface area contributed by atoms with E-state index >= 15 is 0 Å². The number of carbonyl (C=O) groups excluding carboxylic acids is 1. The molecule has 8 nitrogen and oxygen atoms in total. The van der Waals surface area contributed by atoms with E-state index in [-0.39, 0.29) is 22.2 Å². The van der Waals surface area contributed by atoms with Gasteiger partial charge in [0.25, 0.3) is 15.7 Å². The Morgan fingerprint density at radius 1 is 1.00 bits per heavy atom. The second-order valence-corrected chi connectivity index (χ2v) is 7.53. The van der Waals surface area contributed by atoms with Crippen LogP contribution >= 0.6 is 0 Å². The van der Waals surface area contributed by atoms with Gasteiger partial charge < -0.3 is 4.90 Å². The standard InChI is InChI=1S/C18H21N3O5S/c1-3-19(4-2)18(22)14-20(15-10-12-16(13-11-15)21(23)24)27(25,26)17-8-6-5-7-9-17/h5-13H,3-4,14H2,1-2H3. The van der Waals surface area contributed by atoms with E-state index in [9.17, 15) is 23.3 Å². The van der Waals surface area contributed by atoms with Crippen molar-refractivity contribution in [3.63, 3.8) is 0 Å². The third kappa shape index (κ3) is 4.62. The van der Waals surface area contributed by atoms with Gasteiger partial charge in [-0.25, -0.2) is 8.42 Å². The Labute approximate surface area is 158 Å². The van der Waals surface area contributed by atoms with Crippen LogP contribution in [-0.2, 0) is 14.8 Å². The number of hydrogen-bond donors (Lipinski definition) is 0. The van der Waals surface area contributed by atoms with Crippen LogP contribution < -0.4 is 4.31 Å². The normalized spacial score (nSPS) is 11.0. The lowest BCUT2D eigenvalue weighted by atomic mass is 10.3. The summed E-state index contributed by atoms with van der Waals surface area (Å²) < 4.78 is 27.2. The largest absolute Gasteiger partial charge is 0.342 e. The molecule has 27 heavy (non-hydrogen) atoms. The summed E-state index contributed by atoms with van der Waals surface area (Å²) in [5, 5.41) is 10.9. The van der Waals surface area contributed by atoms with Crippen LogP contribution in [0.2, 0.25) is 0 Å². The SMILES string of the molecule is CCN(CC)C(=O)CN(c1ccc([N+](=O)[O-])cc1)S(=O)(=O)c1ccccc1. The van der Waals surface area contributed by atoms with Gasteiger partial charge in [-0.2, -0.15) is 0 Å². The summed E-state index contributed by atoms with van der Waals surface area (Å²) in [6.07, 6.45) is 0. The van der Waals surface area contributed by atoms with Crippen molar-refractivity contribution in [3.8, 4) is 0 Å². The van der Waals surface area contributed by atoms with Gasteiger partial charge in [-0.3, -0.25) is 19.2 Å². The fourth-order valence-electron chi connectivity index (χ4n) is 2.57. The maximum absolute atomic E-state index is 13.1. The molecule has 0 aliphatic heterocycles. The second kappa shape index (κ2) is 8.63. The maximum atomic E-state index is 13.1. The molecule has 0 unspecified atom stereocenters. The van der Waals surface area contributed by atoms with Crippen molar-refractivity contribution in [2.45, 2.75) is 18.7 Å². The Morgan fingerprint density at radius 3 is 2.04 bits per heavy atom. The molecule has 0 N–H and O–H groups in total. The van der Waals surface area contributed by atoms with Crippen molar-refractivity contribution in [3.05, 3.63) is 64.7 Å². The predicted molar refractivity (Wildman–Crippen MR) is 102 cm³/mol. The fraction of sp³-hybridized carbons (Fsp3) is 0.278. The molecule has 144 valence electrons. The zero-order valence-corrected chi connectivity index (χ0v) is 15.9. The van der Waals surface area contributed by atoms with Crippen LogP contribution in [0.3, 0.4) is 0 Å². The molecule has 0 saturated heterocycles. The van der Waals surface area contributed by atoms with Gasteiger partial charge in [0.2, 0.25) is 5.91 Å². The molecule has 2 aromatic carbocycles. The highest BCUT2D eigenvalue weighted by molar-refractivity contribution is 7.92. The predicted octanol–water partition coefficient (Wildman–Crippen LogP) is 2.66. The number of non-ortho nitro benzene ring substituents is 1. The third-order valence-electron chi connectivity index (χ3n) is 4.07. The molecule has 0 aliphatic carbocycles. The molecule has 9 heteroatoms. The maximum Gasteiger partial charge on any atom is 0.269 e. The van der Waals surface area contributed by atoms with Gasteiger partial charge in [0, 0.05) is 25.2 Å². The second-order valence-electron chi connectivity index (χ2n) is 5.66. The van der Waals surface area contributed by atoms with Gasteiger partial charge in [0.05, 0.1) is 15.5 Å². The van der Waals surface area contributed by atoms with Gasteiger partial charge in [-0.1, -0.05) is 18.2 Å². The summed E-state index contributed by atoms with van der Waals surface area (Å²) in [5.41, 5.74) is 0.0239. The van der Waals surface area contributed by atoms with E-state index in [0.29, 0.717) is 13.1 Å². The number of rotatable bonds is 8. The number of benzene rings is 2. The lowest BCUT2D eigenvalue weighted by Crippen LogP contribution is -2.43. The van der Waals surface area contributed by atoms with Crippen LogP contribution in [0.4, 0.5) is 11.4 Å². The van der Waals surface area contributed by atoms with Crippen molar-refractivity contribution >= 4 is 27.3 Å². The molecule has 0 aliphatic rings. The zero-order valence-electron chi connectivity index (χ0n) is 15.1. The minimum absolute atomic E-state index is 0.0377. The summed E-state index contributed by atoms with van der Waals surface area (Å²) in [6.45, 7) is 4.13. The van der Waals surface area contributed by atoms with Crippen LogP contribution in [0, 0.1) is 10.1 Å². The quantitative estimate of drug-likeness (QED) is 0.509. The van der Waals surface area contributed by atoms with Crippen molar-refractivity contribution in [1.82, 2.24) is 4.90 Å². The Morgan fingerprint density at radius 2 is 1.56 bits per heavy atom. The van der Waals surface area contributed by atoms with Crippen LogP contribution in [0.1, 0.15) is 13.8 Å². The van der Waals surface area contributed by atoms with Crippen molar-refractivity contribution in [1.29, 1.82) is 0 Å². The number of hydrogen-bond acceptors (Lipinski definition) is 5. The van der Waals surface area contributed by atoms with E-state index in [1.165, 1.54) is 41.3 Å². The molecule has 0 aromatic heterocycles. The molecule has 0 fully saturated rings.